The Labute approximate surface area is 111 Å². The summed E-state index contributed by atoms with van der Waals surface area (Å²) in [5.41, 5.74) is 0. The molecule has 0 N–H and O–H groups in total. The van der Waals surface area contributed by atoms with Crippen LogP contribution in [0.5, 0.6) is 0 Å². The van der Waals surface area contributed by atoms with Crippen LogP contribution in [0.4, 0.5) is 0 Å². The summed E-state index contributed by atoms with van der Waals surface area (Å²) in [7, 11) is 0.0865. The summed E-state index contributed by atoms with van der Waals surface area (Å²) in [4.78, 5) is 0. The van der Waals surface area contributed by atoms with Crippen LogP contribution in [0.1, 0.15) is 6.92 Å². The van der Waals surface area contributed by atoms with Crippen LogP contribution in [0, 0.1) is 0 Å². The van der Waals surface area contributed by atoms with Gasteiger partial charge in [0.25, 0.3) is 0 Å². The summed E-state index contributed by atoms with van der Waals surface area (Å²) in [6.07, 6.45) is 0. The standard InChI is InChI=1S/C13H20O2SeSi/c1-11(13(14-2)15-17(3,4)5)16-12-9-7-6-8-10-12/h6-10H,1-5H3/b13-11+. The first-order valence-corrected chi connectivity index (χ1v) is 10.7. The molecule has 0 radical (unpaired) electrons. The first-order chi connectivity index (χ1) is 7.92. The minimum absolute atomic E-state index is 0.270. The molecule has 1 aromatic rings. The van der Waals surface area contributed by atoms with Crippen molar-refractivity contribution >= 4 is 27.7 Å². The van der Waals surface area contributed by atoms with Crippen LogP contribution in [0.2, 0.25) is 19.6 Å². The van der Waals surface area contributed by atoms with E-state index in [1.807, 2.05) is 6.07 Å². The molecule has 0 aliphatic carbocycles. The van der Waals surface area contributed by atoms with Crippen molar-refractivity contribution in [2.24, 2.45) is 0 Å². The maximum absolute atomic E-state index is 5.93. The molecule has 0 heterocycles. The van der Waals surface area contributed by atoms with Crippen molar-refractivity contribution in [1.29, 1.82) is 0 Å². The zero-order valence-corrected chi connectivity index (χ0v) is 13.8. The van der Waals surface area contributed by atoms with Gasteiger partial charge in [-0.1, -0.05) is 0 Å². The van der Waals surface area contributed by atoms with Crippen LogP contribution < -0.4 is 4.46 Å². The second kappa shape index (κ2) is 6.29. The second-order valence-electron chi connectivity index (χ2n) is 4.68. The zero-order chi connectivity index (χ0) is 12.9. The SMILES string of the molecule is CO/C(O[Si](C)(C)C)=C(/C)[Se]c1ccccc1. The van der Waals surface area contributed by atoms with Crippen molar-refractivity contribution < 1.29 is 9.16 Å². The van der Waals surface area contributed by atoms with Crippen molar-refractivity contribution in [2.75, 3.05) is 7.11 Å². The molecule has 1 rings (SSSR count). The van der Waals surface area contributed by atoms with Gasteiger partial charge in [-0.05, 0) is 0 Å². The molecule has 2 nitrogen and oxygen atoms in total. The van der Waals surface area contributed by atoms with Gasteiger partial charge in [-0.25, -0.2) is 0 Å². The van der Waals surface area contributed by atoms with E-state index in [9.17, 15) is 0 Å². The third kappa shape index (κ3) is 5.44. The van der Waals surface area contributed by atoms with Gasteiger partial charge in [0.15, 0.2) is 0 Å². The molecule has 94 valence electrons. The molecule has 0 amide bonds. The van der Waals surface area contributed by atoms with Gasteiger partial charge < -0.3 is 0 Å². The third-order valence-corrected chi connectivity index (χ3v) is 4.74. The van der Waals surface area contributed by atoms with Crippen LogP contribution in [-0.4, -0.2) is 30.4 Å². The van der Waals surface area contributed by atoms with E-state index in [4.69, 9.17) is 9.16 Å². The molecular formula is C13H20O2SeSi. The van der Waals surface area contributed by atoms with Crippen molar-refractivity contribution in [3.8, 4) is 0 Å². The Morgan fingerprint density at radius 2 is 1.71 bits per heavy atom. The fourth-order valence-corrected chi connectivity index (χ4v) is 3.99. The van der Waals surface area contributed by atoms with E-state index in [2.05, 4.69) is 50.8 Å². The van der Waals surface area contributed by atoms with E-state index < -0.39 is 8.32 Å². The van der Waals surface area contributed by atoms with Crippen molar-refractivity contribution in [3.63, 3.8) is 0 Å². The van der Waals surface area contributed by atoms with E-state index in [-0.39, 0.29) is 15.0 Å². The molecule has 0 saturated heterocycles. The van der Waals surface area contributed by atoms with Gasteiger partial charge >= 0.3 is 111 Å². The summed E-state index contributed by atoms with van der Waals surface area (Å²) >= 11 is 0.270. The summed E-state index contributed by atoms with van der Waals surface area (Å²) in [5.74, 6) is 0.716. The molecule has 0 aliphatic rings. The first kappa shape index (κ1) is 14.4. The van der Waals surface area contributed by atoms with Crippen LogP contribution in [0.25, 0.3) is 0 Å². The van der Waals surface area contributed by atoms with Crippen molar-refractivity contribution in [3.05, 3.63) is 40.7 Å². The number of benzene rings is 1. The molecule has 0 aliphatic heterocycles. The Balaban J connectivity index is 2.80. The van der Waals surface area contributed by atoms with Crippen molar-refractivity contribution in [2.45, 2.75) is 26.6 Å². The molecule has 0 fully saturated rings. The average molecular weight is 315 g/mol. The van der Waals surface area contributed by atoms with E-state index in [1.54, 1.807) is 7.11 Å². The third-order valence-electron chi connectivity index (χ3n) is 1.89. The van der Waals surface area contributed by atoms with E-state index in [1.165, 1.54) is 8.93 Å². The number of allylic oxidation sites excluding steroid dienone is 1. The van der Waals surface area contributed by atoms with E-state index in [0.717, 1.165) is 0 Å². The maximum atomic E-state index is 5.93. The molecule has 0 unspecified atom stereocenters. The van der Waals surface area contributed by atoms with E-state index >= 15 is 0 Å². The summed E-state index contributed by atoms with van der Waals surface area (Å²) in [5, 5.41) is 0. The Kier molecular flexibility index (Phi) is 5.31. The fraction of sp³-hybridized carbons (Fsp3) is 0.385. The Morgan fingerprint density at radius 1 is 1.12 bits per heavy atom. The van der Waals surface area contributed by atoms with Crippen LogP contribution in [-0.2, 0) is 9.16 Å². The minimum atomic E-state index is -1.59. The molecule has 4 heteroatoms. The van der Waals surface area contributed by atoms with Crippen LogP contribution in [0.15, 0.2) is 40.7 Å². The average Bonchev–Trinajstić information content (AvgIpc) is 2.26. The Hall–Kier alpha value is -0.704. The molecule has 0 aromatic heterocycles. The molecule has 0 saturated carbocycles. The van der Waals surface area contributed by atoms with Gasteiger partial charge in [0, 0.05) is 0 Å². The van der Waals surface area contributed by atoms with Gasteiger partial charge in [0.05, 0.1) is 0 Å². The normalized spacial score (nSPS) is 13.0. The monoisotopic (exact) mass is 316 g/mol. The van der Waals surface area contributed by atoms with Gasteiger partial charge in [0.2, 0.25) is 0 Å². The molecule has 0 atom stereocenters. The number of hydrogen-bond acceptors (Lipinski definition) is 2. The summed E-state index contributed by atoms with van der Waals surface area (Å²) in [6, 6.07) is 10.5. The summed E-state index contributed by atoms with van der Waals surface area (Å²) < 4.78 is 13.8. The number of hydrogen-bond donors (Lipinski definition) is 0. The second-order valence-corrected chi connectivity index (χ2v) is 11.8. The molecular weight excluding hydrogens is 295 g/mol. The molecule has 17 heavy (non-hydrogen) atoms. The van der Waals surface area contributed by atoms with Gasteiger partial charge in [-0.15, -0.1) is 0 Å². The van der Waals surface area contributed by atoms with Gasteiger partial charge in [0.1, 0.15) is 0 Å². The predicted octanol–water partition coefficient (Wildman–Crippen LogP) is 2.70. The zero-order valence-electron chi connectivity index (χ0n) is 11.1. The van der Waals surface area contributed by atoms with Gasteiger partial charge in [-0.2, -0.15) is 0 Å². The van der Waals surface area contributed by atoms with Crippen molar-refractivity contribution in [1.82, 2.24) is 0 Å². The topological polar surface area (TPSA) is 18.5 Å². The number of ether oxygens (including phenoxy) is 1. The number of rotatable bonds is 5. The number of methoxy groups -OCH3 is 1. The summed E-state index contributed by atoms with van der Waals surface area (Å²) in [6.45, 7) is 8.57. The van der Waals surface area contributed by atoms with Crippen LogP contribution >= 0.6 is 0 Å². The Bertz CT molecular complexity index is 382. The predicted molar refractivity (Wildman–Crippen MR) is 76.0 cm³/mol. The molecule has 0 spiro atoms. The molecule has 1 aromatic carbocycles. The Morgan fingerprint density at radius 3 is 2.18 bits per heavy atom. The van der Waals surface area contributed by atoms with E-state index in [0.29, 0.717) is 5.95 Å². The van der Waals surface area contributed by atoms with Crippen LogP contribution in [0.3, 0.4) is 0 Å². The quantitative estimate of drug-likeness (QED) is 0.614. The molecule has 0 bridgehead atoms. The first-order valence-electron chi connectivity index (χ1n) is 5.59. The van der Waals surface area contributed by atoms with Gasteiger partial charge in [-0.3, -0.25) is 0 Å². The fourth-order valence-electron chi connectivity index (χ4n) is 1.24.